The Morgan fingerprint density at radius 2 is 2.08 bits per heavy atom. The number of benzene rings is 1. The van der Waals surface area contributed by atoms with E-state index >= 15 is 0 Å². The zero-order chi connectivity index (χ0) is 17.6. The van der Waals surface area contributed by atoms with E-state index in [4.69, 9.17) is 11.6 Å². The number of halogens is 2. The van der Waals surface area contributed by atoms with Gasteiger partial charge in [0.1, 0.15) is 5.82 Å². The Balaban J connectivity index is 2.17. The summed E-state index contributed by atoms with van der Waals surface area (Å²) in [6.07, 6.45) is 1.71. The number of nitrogens with one attached hydrogen (secondary N) is 1. The SMILES string of the molecule is Cc1cn2c(S(=O)(=O)Nc3cc(Cl)ccc3F)c(C(C)C)nc2s1. The Kier molecular flexibility index (Phi) is 4.31. The average molecular weight is 388 g/mol. The van der Waals surface area contributed by atoms with Crippen LogP contribution in [0.3, 0.4) is 0 Å². The lowest BCUT2D eigenvalue weighted by molar-refractivity contribution is 0.591. The molecular formula is C15H15ClFN3O2S2. The van der Waals surface area contributed by atoms with E-state index in [2.05, 4.69) is 9.71 Å². The van der Waals surface area contributed by atoms with Crippen LogP contribution in [-0.2, 0) is 10.0 Å². The molecule has 9 heteroatoms. The molecule has 0 amide bonds. The number of aryl methyl sites for hydroxylation is 1. The van der Waals surface area contributed by atoms with Gasteiger partial charge in [-0.05, 0) is 31.0 Å². The van der Waals surface area contributed by atoms with Gasteiger partial charge in [0.2, 0.25) is 0 Å². The van der Waals surface area contributed by atoms with Crippen LogP contribution in [0.4, 0.5) is 10.1 Å². The van der Waals surface area contributed by atoms with Crippen LogP contribution < -0.4 is 4.72 Å². The van der Waals surface area contributed by atoms with Gasteiger partial charge < -0.3 is 0 Å². The van der Waals surface area contributed by atoms with Crippen molar-refractivity contribution in [2.45, 2.75) is 31.7 Å². The monoisotopic (exact) mass is 387 g/mol. The normalized spacial score (nSPS) is 12.2. The van der Waals surface area contributed by atoms with Gasteiger partial charge in [-0.1, -0.05) is 25.4 Å². The molecular weight excluding hydrogens is 373 g/mol. The van der Waals surface area contributed by atoms with Gasteiger partial charge >= 0.3 is 0 Å². The summed E-state index contributed by atoms with van der Waals surface area (Å²) in [4.78, 5) is 5.94. The van der Waals surface area contributed by atoms with Crippen LogP contribution in [0.1, 0.15) is 30.3 Å². The van der Waals surface area contributed by atoms with E-state index < -0.39 is 15.8 Å². The van der Waals surface area contributed by atoms with Gasteiger partial charge in [0, 0.05) is 16.1 Å². The number of hydrogen-bond acceptors (Lipinski definition) is 4. The number of thiazole rings is 1. The highest BCUT2D eigenvalue weighted by atomic mass is 35.5. The van der Waals surface area contributed by atoms with Crippen LogP contribution in [-0.4, -0.2) is 17.8 Å². The molecule has 1 aromatic carbocycles. The zero-order valence-corrected chi connectivity index (χ0v) is 15.6. The first kappa shape index (κ1) is 17.2. The lowest BCUT2D eigenvalue weighted by Crippen LogP contribution is -2.18. The van der Waals surface area contributed by atoms with E-state index in [1.165, 1.54) is 27.9 Å². The Bertz CT molecular complexity index is 1020. The number of anilines is 1. The predicted octanol–water partition coefficient (Wildman–Crippen LogP) is 4.42. The molecule has 0 spiro atoms. The molecule has 3 rings (SSSR count). The van der Waals surface area contributed by atoms with Crippen molar-refractivity contribution in [2.75, 3.05) is 4.72 Å². The number of aromatic nitrogens is 2. The average Bonchev–Trinajstić information content (AvgIpc) is 2.98. The molecule has 0 aliphatic carbocycles. The Morgan fingerprint density at radius 3 is 2.75 bits per heavy atom. The smallest absolute Gasteiger partial charge is 0.279 e. The van der Waals surface area contributed by atoms with Crippen molar-refractivity contribution in [1.29, 1.82) is 0 Å². The van der Waals surface area contributed by atoms with Crippen molar-refractivity contribution in [2.24, 2.45) is 0 Å². The summed E-state index contributed by atoms with van der Waals surface area (Å²) in [7, 11) is -4.04. The number of imidazole rings is 1. The molecule has 24 heavy (non-hydrogen) atoms. The van der Waals surface area contributed by atoms with E-state index in [1.807, 2.05) is 20.8 Å². The molecule has 0 saturated heterocycles. The van der Waals surface area contributed by atoms with Gasteiger partial charge in [0.25, 0.3) is 10.0 Å². The second-order valence-electron chi connectivity index (χ2n) is 5.68. The summed E-state index contributed by atoms with van der Waals surface area (Å²) in [5, 5.41) is 0.263. The van der Waals surface area contributed by atoms with E-state index in [-0.39, 0.29) is 21.7 Å². The molecule has 0 unspecified atom stereocenters. The lowest BCUT2D eigenvalue weighted by atomic mass is 10.2. The summed E-state index contributed by atoms with van der Waals surface area (Å²) in [5.74, 6) is -0.801. The van der Waals surface area contributed by atoms with E-state index in [0.717, 1.165) is 10.9 Å². The molecule has 128 valence electrons. The fraction of sp³-hybridized carbons (Fsp3) is 0.267. The van der Waals surface area contributed by atoms with Crippen molar-refractivity contribution < 1.29 is 12.8 Å². The highest BCUT2D eigenvalue weighted by molar-refractivity contribution is 7.92. The number of rotatable bonds is 4. The number of nitrogens with zero attached hydrogens (tertiary/aromatic N) is 2. The zero-order valence-electron chi connectivity index (χ0n) is 13.2. The van der Waals surface area contributed by atoms with Crippen LogP contribution in [0.5, 0.6) is 0 Å². The summed E-state index contributed by atoms with van der Waals surface area (Å²) >= 11 is 7.23. The third kappa shape index (κ3) is 3.01. The van der Waals surface area contributed by atoms with Gasteiger partial charge in [-0.25, -0.2) is 9.37 Å². The molecule has 2 heterocycles. The minimum Gasteiger partial charge on any atom is -0.279 e. The molecule has 5 nitrogen and oxygen atoms in total. The van der Waals surface area contributed by atoms with Gasteiger partial charge in [0.05, 0.1) is 11.4 Å². The van der Waals surface area contributed by atoms with Crippen molar-refractivity contribution in [1.82, 2.24) is 9.38 Å². The molecule has 0 saturated carbocycles. The summed E-state index contributed by atoms with van der Waals surface area (Å²) in [5.41, 5.74) is 0.246. The second kappa shape index (κ2) is 6.02. The molecule has 0 fully saturated rings. The Labute approximate surface area is 148 Å². The maximum atomic E-state index is 13.9. The number of hydrogen-bond donors (Lipinski definition) is 1. The number of sulfonamides is 1. The molecule has 0 aliphatic heterocycles. The van der Waals surface area contributed by atoms with E-state index in [1.54, 1.807) is 6.20 Å². The molecule has 3 aromatic rings. The van der Waals surface area contributed by atoms with Crippen molar-refractivity contribution in [3.05, 3.63) is 45.8 Å². The fourth-order valence-electron chi connectivity index (χ4n) is 2.36. The minimum atomic E-state index is -4.04. The number of fused-ring (bicyclic) bond motifs is 1. The third-order valence-corrected chi connectivity index (χ3v) is 5.93. The summed E-state index contributed by atoms with van der Waals surface area (Å²) in [6.45, 7) is 5.59. The molecule has 2 aromatic heterocycles. The molecule has 0 bridgehead atoms. The third-order valence-electron chi connectivity index (χ3n) is 3.40. The summed E-state index contributed by atoms with van der Waals surface area (Å²) < 4.78 is 43.5. The molecule has 0 radical (unpaired) electrons. The predicted molar refractivity (Wildman–Crippen MR) is 94.1 cm³/mol. The second-order valence-corrected chi connectivity index (χ2v) is 8.93. The van der Waals surface area contributed by atoms with Crippen molar-refractivity contribution in [3.63, 3.8) is 0 Å². The summed E-state index contributed by atoms with van der Waals surface area (Å²) in [6, 6.07) is 3.71. The van der Waals surface area contributed by atoms with Crippen LogP contribution in [0.2, 0.25) is 5.02 Å². The van der Waals surface area contributed by atoms with E-state index in [9.17, 15) is 12.8 Å². The maximum Gasteiger partial charge on any atom is 0.279 e. The van der Waals surface area contributed by atoms with Crippen molar-refractivity contribution >= 4 is 43.6 Å². The van der Waals surface area contributed by atoms with Gasteiger partial charge in [-0.2, -0.15) is 8.42 Å². The van der Waals surface area contributed by atoms with Crippen LogP contribution >= 0.6 is 22.9 Å². The molecule has 1 N–H and O–H groups in total. The topological polar surface area (TPSA) is 63.5 Å². The first-order valence-electron chi connectivity index (χ1n) is 7.15. The minimum absolute atomic E-state index is 0.0243. The van der Waals surface area contributed by atoms with E-state index in [0.29, 0.717) is 10.7 Å². The Hall–Kier alpha value is -1.64. The first-order chi connectivity index (χ1) is 11.2. The van der Waals surface area contributed by atoms with Gasteiger partial charge in [0.15, 0.2) is 9.99 Å². The lowest BCUT2D eigenvalue weighted by Gasteiger charge is -2.11. The quantitative estimate of drug-likeness (QED) is 0.720. The standard InChI is InChI=1S/C15H15ClFN3O2S2/c1-8(2)13-14(20-7-9(3)23-15(20)18-13)24(21,22)19-12-6-10(16)4-5-11(12)17/h4-8,19H,1-3H3. The van der Waals surface area contributed by atoms with Crippen molar-refractivity contribution in [3.8, 4) is 0 Å². The largest absolute Gasteiger partial charge is 0.279 e. The van der Waals surface area contributed by atoms with Crippen LogP contribution in [0, 0.1) is 12.7 Å². The Morgan fingerprint density at radius 1 is 1.38 bits per heavy atom. The first-order valence-corrected chi connectivity index (χ1v) is 9.83. The highest BCUT2D eigenvalue weighted by Gasteiger charge is 2.28. The molecule has 0 aliphatic rings. The maximum absolute atomic E-state index is 13.9. The van der Waals surface area contributed by atoms with Gasteiger partial charge in [-0.3, -0.25) is 9.12 Å². The van der Waals surface area contributed by atoms with Crippen LogP contribution in [0.25, 0.3) is 4.96 Å². The van der Waals surface area contributed by atoms with Gasteiger partial charge in [-0.15, -0.1) is 11.3 Å². The highest BCUT2D eigenvalue weighted by Crippen LogP contribution is 2.31. The van der Waals surface area contributed by atoms with Crippen LogP contribution in [0.15, 0.2) is 29.4 Å². The molecule has 0 atom stereocenters. The fourth-order valence-corrected chi connectivity index (χ4v) is 4.92.